The Morgan fingerprint density at radius 3 is 2.94 bits per heavy atom. The molecule has 88 valence electrons. The van der Waals surface area contributed by atoms with Crippen molar-refractivity contribution in [3.63, 3.8) is 0 Å². The molecule has 1 heterocycles. The molecule has 1 aliphatic carbocycles. The fourth-order valence-electron chi connectivity index (χ4n) is 2.64. The number of fused-ring (bicyclic) bond motifs is 1. The first-order chi connectivity index (χ1) is 8.31. The molecule has 0 amide bonds. The lowest BCUT2D eigenvalue weighted by atomic mass is 9.95. The first kappa shape index (κ1) is 10.7. The number of pyridine rings is 1. The molecule has 2 heteroatoms. The van der Waals surface area contributed by atoms with Crippen molar-refractivity contribution in [2.24, 2.45) is 5.41 Å². The van der Waals surface area contributed by atoms with Crippen LogP contribution in [0, 0.1) is 5.41 Å². The van der Waals surface area contributed by atoms with Gasteiger partial charge in [0, 0.05) is 18.1 Å². The number of hydrogen-bond acceptors (Lipinski definition) is 2. The predicted molar refractivity (Wildman–Crippen MR) is 71.0 cm³/mol. The molecule has 1 N–H and O–H groups in total. The van der Waals surface area contributed by atoms with Gasteiger partial charge in [0.15, 0.2) is 0 Å². The molecule has 2 nitrogen and oxygen atoms in total. The van der Waals surface area contributed by atoms with Crippen molar-refractivity contribution < 1.29 is 0 Å². The van der Waals surface area contributed by atoms with E-state index < -0.39 is 0 Å². The SMILES string of the molecule is CNCC1(Cc2ccc3ncccc3c2)CC1. The van der Waals surface area contributed by atoms with E-state index in [1.54, 1.807) is 0 Å². The maximum absolute atomic E-state index is 4.36. The summed E-state index contributed by atoms with van der Waals surface area (Å²) in [6.07, 6.45) is 5.77. The normalized spacial score (nSPS) is 17.2. The van der Waals surface area contributed by atoms with Crippen LogP contribution in [-0.4, -0.2) is 18.6 Å². The molecule has 0 unspecified atom stereocenters. The first-order valence-electron chi connectivity index (χ1n) is 6.30. The first-order valence-corrected chi connectivity index (χ1v) is 6.30. The molecular weight excluding hydrogens is 208 g/mol. The van der Waals surface area contributed by atoms with Crippen molar-refractivity contribution >= 4 is 10.9 Å². The van der Waals surface area contributed by atoms with Crippen LogP contribution in [0.3, 0.4) is 0 Å². The minimum Gasteiger partial charge on any atom is -0.319 e. The predicted octanol–water partition coefficient (Wildman–Crippen LogP) is 2.78. The molecule has 1 aromatic carbocycles. The Morgan fingerprint density at radius 2 is 2.18 bits per heavy atom. The van der Waals surface area contributed by atoms with Crippen molar-refractivity contribution in [3.05, 3.63) is 42.1 Å². The maximum atomic E-state index is 4.36. The third kappa shape index (κ3) is 2.18. The van der Waals surface area contributed by atoms with E-state index in [1.165, 1.54) is 30.2 Å². The van der Waals surface area contributed by atoms with E-state index in [2.05, 4.69) is 34.6 Å². The van der Waals surface area contributed by atoms with Crippen LogP contribution in [-0.2, 0) is 6.42 Å². The van der Waals surface area contributed by atoms with E-state index in [-0.39, 0.29) is 0 Å². The number of aromatic nitrogens is 1. The van der Waals surface area contributed by atoms with Gasteiger partial charge in [-0.05, 0) is 55.5 Å². The van der Waals surface area contributed by atoms with Gasteiger partial charge in [-0.25, -0.2) is 0 Å². The van der Waals surface area contributed by atoms with Gasteiger partial charge in [-0.2, -0.15) is 0 Å². The molecule has 1 aliphatic rings. The van der Waals surface area contributed by atoms with Gasteiger partial charge in [-0.3, -0.25) is 4.98 Å². The minimum atomic E-state index is 0.532. The van der Waals surface area contributed by atoms with E-state index >= 15 is 0 Å². The summed E-state index contributed by atoms with van der Waals surface area (Å²) in [6, 6.07) is 10.8. The molecule has 1 fully saturated rings. The Hall–Kier alpha value is -1.41. The van der Waals surface area contributed by atoms with Gasteiger partial charge in [0.2, 0.25) is 0 Å². The average Bonchev–Trinajstić information content (AvgIpc) is 3.09. The van der Waals surface area contributed by atoms with Crippen molar-refractivity contribution in [1.82, 2.24) is 10.3 Å². The van der Waals surface area contributed by atoms with Gasteiger partial charge >= 0.3 is 0 Å². The Kier molecular flexibility index (Phi) is 2.60. The lowest BCUT2D eigenvalue weighted by molar-refractivity contribution is 0.478. The van der Waals surface area contributed by atoms with Crippen molar-refractivity contribution in [2.75, 3.05) is 13.6 Å². The largest absolute Gasteiger partial charge is 0.319 e. The Morgan fingerprint density at radius 1 is 1.29 bits per heavy atom. The fraction of sp³-hybridized carbons (Fsp3) is 0.400. The zero-order valence-corrected chi connectivity index (χ0v) is 10.2. The molecule has 1 saturated carbocycles. The lowest BCUT2D eigenvalue weighted by Crippen LogP contribution is -2.21. The van der Waals surface area contributed by atoms with Crippen LogP contribution in [0.25, 0.3) is 10.9 Å². The Balaban J connectivity index is 1.86. The highest BCUT2D eigenvalue weighted by molar-refractivity contribution is 5.78. The molecule has 0 radical (unpaired) electrons. The summed E-state index contributed by atoms with van der Waals surface area (Å²) >= 11 is 0. The smallest absolute Gasteiger partial charge is 0.0702 e. The van der Waals surface area contributed by atoms with Crippen LogP contribution in [0.2, 0.25) is 0 Å². The number of benzene rings is 1. The quantitative estimate of drug-likeness (QED) is 0.867. The van der Waals surface area contributed by atoms with Gasteiger partial charge in [0.25, 0.3) is 0 Å². The van der Waals surface area contributed by atoms with Gasteiger partial charge in [-0.1, -0.05) is 12.1 Å². The van der Waals surface area contributed by atoms with Crippen LogP contribution in [0.1, 0.15) is 18.4 Å². The summed E-state index contributed by atoms with van der Waals surface area (Å²) in [6.45, 7) is 1.14. The summed E-state index contributed by atoms with van der Waals surface area (Å²) in [4.78, 5) is 4.36. The molecule has 2 aromatic rings. The van der Waals surface area contributed by atoms with Crippen molar-refractivity contribution in [2.45, 2.75) is 19.3 Å². The number of nitrogens with one attached hydrogen (secondary N) is 1. The topological polar surface area (TPSA) is 24.9 Å². The fourth-order valence-corrected chi connectivity index (χ4v) is 2.64. The standard InChI is InChI=1S/C15H18N2/c1-16-11-15(6-7-15)10-12-4-5-14-13(9-12)3-2-8-17-14/h2-5,8-9,16H,6-7,10-11H2,1H3. The Labute approximate surface area is 102 Å². The van der Waals surface area contributed by atoms with Gasteiger partial charge in [0.1, 0.15) is 0 Å². The van der Waals surface area contributed by atoms with Crippen LogP contribution in [0.15, 0.2) is 36.5 Å². The van der Waals surface area contributed by atoms with Crippen LogP contribution >= 0.6 is 0 Å². The molecule has 0 bridgehead atoms. The van der Waals surface area contributed by atoms with Crippen LogP contribution < -0.4 is 5.32 Å². The summed E-state index contributed by atoms with van der Waals surface area (Å²) in [5.74, 6) is 0. The van der Waals surface area contributed by atoms with Crippen molar-refractivity contribution in [1.29, 1.82) is 0 Å². The molecule has 0 atom stereocenters. The van der Waals surface area contributed by atoms with E-state index in [0.717, 1.165) is 12.1 Å². The minimum absolute atomic E-state index is 0.532. The molecule has 1 aromatic heterocycles. The second-order valence-electron chi connectivity index (χ2n) is 5.24. The molecule has 3 rings (SSSR count). The van der Waals surface area contributed by atoms with Crippen LogP contribution in [0.5, 0.6) is 0 Å². The summed E-state index contributed by atoms with van der Waals surface area (Å²) in [5, 5.41) is 4.57. The van der Waals surface area contributed by atoms with E-state index in [0.29, 0.717) is 5.41 Å². The van der Waals surface area contributed by atoms with Crippen molar-refractivity contribution in [3.8, 4) is 0 Å². The van der Waals surface area contributed by atoms with Gasteiger partial charge in [0.05, 0.1) is 5.52 Å². The zero-order valence-electron chi connectivity index (χ0n) is 10.2. The molecule has 0 saturated heterocycles. The number of rotatable bonds is 4. The van der Waals surface area contributed by atoms with Gasteiger partial charge in [-0.15, -0.1) is 0 Å². The second-order valence-corrected chi connectivity index (χ2v) is 5.24. The average molecular weight is 226 g/mol. The highest BCUT2D eigenvalue weighted by Gasteiger charge is 2.41. The monoisotopic (exact) mass is 226 g/mol. The molecule has 0 spiro atoms. The van der Waals surface area contributed by atoms with E-state index in [1.807, 2.05) is 19.3 Å². The third-order valence-corrected chi connectivity index (χ3v) is 3.76. The highest BCUT2D eigenvalue weighted by Crippen LogP contribution is 2.47. The second kappa shape index (κ2) is 4.11. The highest BCUT2D eigenvalue weighted by atomic mass is 14.8. The molecular formula is C15H18N2. The number of nitrogens with zero attached hydrogens (tertiary/aromatic N) is 1. The van der Waals surface area contributed by atoms with Crippen LogP contribution in [0.4, 0.5) is 0 Å². The molecule has 17 heavy (non-hydrogen) atoms. The third-order valence-electron chi connectivity index (χ3n) is 3.76. The van der Waals surface area contributed by atoms with E-state index in [4.69, 9.17) is 0 Å². The Bertz CT molecular complexity index is 529. The summed E-state index contributed by atoms with van der Waals surface area (Å²) in [7, 11) is 2.05. The number of hydrogen-bond donors (Lipinski definition) is 1. The summed E-state index contributed by atoms with van der Waals surface area (Å²) in [5.41, 5.74) is 3.07. The summed E-state index contributed by atoms with van der Waals surface area (Å²) < 4.78 is 0. The van der Waals surface area contributed by atoms with E-state index in [9.17, 15) is 0 Å². The van der Waals surface area contributed by atoms with Gasteiger partial charge < -0.3 is 5.32 Å². The zero-order chi connectivity index (χ0) is 11.7. The molecule has 0 aliphatic heterocycles. The lowest BCUT2D eigenvalue weighted by Gasteiger charge is -2.14. The maximum Gasteiger partial charge on any atom is 0.0702 e.